The van der Waals surface area contributed by atoms with Crippen molar-refractivity contribution in [1.82, 2.24) is 0 Å². The Hall–Kier alpha value is 0.150. The van der Waals surface area contributed by atoms with Crippen molar-refractivity contribution in [2.75, 3.05) is 6.66 Å². The van der Waals surface area contributed by atoms with E-state index in [0.717, 1.165) is 19.3 Å². The lowest BCUT2D eigenvalue weighted by Crippen LogP contribution is -2.34. The quantitative estimate of drug-likeness (QED) is 0.706. The summed E-state index contributed by atoms with van der Waals surface area (Å²) in [6, 6.07) is 0. The summed E-state index contributed by atoms with van der Waals surface area (Å²) < 4.78 is 16.3. The van der Waals surface area contributed by atoms with Crippen LogP contribution >= 0.6 is 7.60 Å². The van der Waals surface area contributed by atoms with Crippen molar-refractivity contribution in [1.29, 1.82) is 0 Å². The summed E-state index contributed by atoms with van der Waals surface area (Å²) in [5, 5.41) is 0. The first-order valence-corrected chi connectivity index (χ1v) is 6.82. The molecule has 1 fully saturated rings. The maximum atomic E-state index is 11.1. The molecule has 13 heavy (non-hydrogen) atoms. The van der Waals surface area contributed by atoms with E-state index in [1.165, 1.54) is 13.1 Å². The minimum atomic E-state index is -3.31. The fraction of sp³-hybridized carbons (Fsp3) is 1.00. The van der Waals surface area contributed by atoms with Gasteiger partial charge in [0.1, 0.15) is 0 Å². The van der Waals surface area contributed by atoms with Gasteiger partial charge < -0.3 is 9.42 Å². The van der Waals surface area contributed by atoms with Crippen molar-refractivity contribution in [3.8, 4) is 0 Å². The molecular weight excluding hydrogens is 187 g/mol. The van der Waals surface area contributed by atoms with Crippen molar-refractivity contribution in [2.24, 2.45) is 5.41 Å². The Bertz CT molecular complexity index is 219. The molecule has 1 aliphatic rings. The van der Waals surface area contributed by atoms with Crippen molar-refractivity contribution in [3.05, 3.63) is 0 Å². The van der Waals surface area contributed by atoms with Crippen LogP contribution < -0.4 is 0 Å². The summed E-state index contributed by atoms with van der Waals surface area (Å²) >= 11 is 0. The molecule has 0 aromatic heterocycles. The Balaban J connectivity index is 2.61. The SMILES string of the molecule is CC1(C)CCCCC1OP(C)(=O)O. The van der Waals surface area contributed by atoms with Crippen LogP contribution in [0.4, 0.5) is 0 Å². The predicted octanol–water partition coefficient (Wildman–Crippen LogP) is 2.79. The van der Waals surface area contributed by atoms with Crippen LogP contribution in [-0.2, 0) is 9.09 Å². The van der Waals surface area contributed by atoms with Crippen LogP contribution in [-0.4, -0.2) is 17.7 Å². The second-order valence-electron chi connectivity index (χ2n) is 4.63. The molecule has 1 N–H and O–H groups in total. The highest BCUT2D eigenvalue weighted by Crippen LogP contribution is 2.47. The van der Waals surface area contributed by atoms with Gasteiger partial charge in [-0.05, 0) is 18.3 Å². The Morgan fingerprint density at radius 3 is 2.54 bits per heavy atom. The van der Waals surface area contributed by atoms with E-state index in [-0.39, 0.29) is 11.5 Å². The standard InChI is InChI=1S/C9H19O3P/c1-9(2)7-5-4-6-8(9)12-13(3,10)11/h8H,4-7H2,1-3H3,(H,10,11). The van der Waals surface area contributed by atoms with Gasteiger partial charge in [-0.2, -0.15) is 0 Å². The third-order valence-electron chi connectivity index (χ3n) is 2.73. The van der Waals surface area contributed by atoms with Gasteiger partial charge in [-0.1, -0.05) is 26.7 Å². The van der Waals surface area contributed by atoms with E-state index in [1.807, 2.05) is 0 Å². The second kappa shape index (κ2) is 3.72. The van der Waals surface area contributed by atoms with Crippen LogP contribution in [0.15, 0.2) is 0 Å². The zero-order valence-corrected chi connectivity index (χ0v) is 9.51. The summed E-state index contributed by atoms with van der Waals surface area (Å²) in [6.07, 6.45) is 4.24. The molecule has 1 saturated carbocycles. The highest BCUT2D eigenvalue weighted by Gasteiger charge is 2.35. The van der Waals surface area contributed by atoms with Crippen LogP contribution in [0, 0.1) is 5.41 Å². The predicted molar refractivity (Wildman–Crippen MR) is 52.9 cm³/mol. The summed E-state index contributed by atoms with van der Waals surface area (Å²) in [5.74, 6) is 0. The molecule has 0 radical (unpaired) electrons. The van der Waals surface area contributed by atoms with E-state index in [1.54, 1.807) is 0 Å². The van der Waals surface area contributed by atoms with Crippen LogP contribution in [0.5, 0.6) is 0 Å². The van der Waals surface area contributed by atoms with Gasteiger partial charge in [0.25, 0.3) is 0 Å². The zero-order chi connectivity index (χ0) is 10.1. The lowest BCUT2D eigenvalue weighted by atomic mass is 9.75. The highest BCUT2D eigenvalue weighted by molar-refractivity contribution is 7.51. The maximum absolute atomic E-state index is 11.1. The molecule has 0 amide bonds. The van der Waals surface area contributed by atoms with Crippen molar-refractivity contribution in [2.45, 2.75) is 45.6 Å². The molecule has 3 nitrogen and oxygen atoms in total. The molecule has 2 unspecified atom stereocenters. The van der Waals surface area contributed by atoms with E-state index in [9.17, 15) is 4.57 Å². The van der Waals surface area contributed by atoms with E-state index in [0.29, 0.717) is 0 Å². The monoisotopic (exact) mass is 206 g/mol. The molecule has 4 heteroatoms. The van der Waals surface area contributed by atoms with E-state index < -0.39 is 7.60 Å². The third kappa shape index (κ3) is 3.41. The highest BCUT2D eigenvalue weighted by atomic mass is 31.2. The average molecular weight is 206 g/mol. The van der Waals surface area contributed by atoms with Crippen LogP contribution in [0.3, 0.4) is 0 Å². The smallest absolute Gasteiger partial charge is 0.324 e. The van der Waals surface area contributed by atoms with Gasteiger partial charge >= 0.3 is 7.60 Å². The van der Waals surface area contributed by atoms with Crippen molar-refractivity contribution >= 4 is 7.60 Å². The van der Waals surface area contributed by atoms with Gasteiger partial charge in [0.05, 0.1) is 6.10 Å². The number of hydrogen-bond acceptors (Lipinski definition) is 2. The van der Waals surface area contributed by atoms with Gasteiger partial charge in [0.2, 0.25) is 0 Å². The molecule has 0 aromatic carbocycles. The Morgan fingerprint density at radius 1 is 1.46 bits per heavy atom. The first-order valence-electron chi connectivity index (χ1n) is 4.80. The molecule has 0 saturated heterocycles. The van der Waals surface area contributed by atoms with Crippen molar-refractivity contribution in [3.63, 3.8) is 0 Å². The molecule has 0 aliphatic heterocycles. The van der Waals surface area contributed by atoms with Gasteiger partial charge in [0.15, 0.2) is 0 Å². The topological polar surface area (TPSA) is 46.5 Å². The number of rotatable bonds is 2. The largest absolute Gasteiger partial charge is 0.325 e. The lowest BCUT2D eigenvalue weighted by Gasteiger charge is -2.38. The van der Waals surface area contributed by atoms with E-state index >= 15 is 0 Å². The summed E-state index contributed by atoms with van der Waals surface area (Å²) in [5.41, 5.74) is 0.0483. The average Bonchev–Trinajstić information content (AvgIpc) is 1.91. The second-order valence-corrected chi connectivity index (χ2v) is 6.45. The van der Waals surface area contributed by atoms with Crippen LogP contribution in [0.2, 0.25) is 0 Å². The molecule has 0 aromatic rings. The van der Waals surface area contributed by atoms with E-state index in [4.69, 9.17) is 9.42 Å². The van der Waals surface area contributed by atoms with Gasteiger partial charge in [-0.15, -0.1) is 0 Å². The fourth-order valence-electron chi connectivity index (χ4n) is 1.89. The summed E-state index contributed by atoms with van der Waals surface area (Å²) in [7, 11) is -3.31. The Labute approximate surface area is 80.0 Å². The molecule has 78 valence electrons. The number of hydrogen-bond donors (Lipinski definition) is 1. The minimum absolute atomic E-state index is 0.0483. The fourth-order valence-corrected chi connectivity index (χ4v) is 2.76. The molecule has 2 atom stereocenters. The lowest BCUT2D eigenvalue weighted by molar-refractivity contribution is 0.0268. The normalized spacial score (nSPS) is 32.5. The molecule has 0 spiro atoms. The van der Waals surface area contributed by atoms with Crippen molar-refractivity contribution < 1.29 is 14.0 Å². The van der Waals surface area contributed by atoms with Crippen LogP contribution in [0.1, 0.15) is 39.5 Å². The zero-order valence-electron chi connectivity index (χ0n) is 8.62. The molecule has 0 bridgehead atoms. The molecule has 0 heterocycles. The Kier molecular flexibility index (Phi) is 3.21. The van der Waals surface area contributed by atoms with Gasteiger partial charge in [-0.25, -0.2) is 0 Å². The van der Waals surface area contributed by atoms with Crippen LogP contribution in [0.25, 0.3) is 0 Å². The van der Waals surface area contributed by atoms with Gasteiger partial charge in [-0.3, -0.25) is 4.57 Å². The Morgan fingerprint density at radius 2 is 2.08 bits per heavy atom. The molecule has 1 rings (SSSR count). The van der Waals surface area contributed by atoms with Gasteiger partial charge in [0, 0.05) is 6.66 Å². The maximum Gasteiger partial charge on any atom is 0.325 e. The first-order chi connectivity index (χ1) is 5.81. The molecule has 1 aliphatic carbocycles. The van der Waals surface area contributed by atoms with E-state index in [2.05, 4.69) is 13.8 Å². The third-order valence-corrected chi connectivity index (χ3v) is 3.38. The minimum Gasteiger partial charge on any atom is -0.324 e. The summed E-state index contributed by atoms with van der Waals surface area (Å²) in [6.45, 7) is 5.47. The summed E-state index contributed by atoms with van der Waals surface area (Å²) in [4.78, 5) is 9.14. The first kappa shape index (κ1) is 11.2. The molecular formula is C9H19O3P.